The maximum absolute atomic E-state index is 12.2. The fraction of sp³-hybridized carbons (Fsp3) is 0.375. The van der Waals surface area contributed by atoms with Crippen molar-refractivity contribution in [2.75, 3.05) is 13.2 Å². The SMILES string of the molecule is CCOC(=O)c1c(C)[nH]c(C(=O)COC(=O)c2cc(C)no2)c1C. The second kappa shape index (κ2) is 7.12. The summed E-state index contributed by atoms with van der Waals surface area (Å²) in [5, 5.41) is 3.57. The van der Waals surface area contributed by atoms with Crippen LogP contribution in [0.1, 0.15) is 55.3 Å². The van der Waals surface area contributed by atoms with E-state index in [0.29, 0.717) is 22.5 Å². The van der Waals surface area contributed by atoms with E-state index in [1.807, 2.05) is 0 Å². The molecule has 0 bridgehead atoms. The summed E-state index contributed by atoms with van der Waals surface area (Å²) in [4.78, 5) is 38.8. The van der Waals surface area contributed by atoms with Crippen LogP contribution < -0.4 is 0 Å². The normalized spacial score (nSPS) is 10.5. The van der Waals surface area contributed by atoms with Crippen molar-refractivity contribution in [3.63, 3.8) is 0 Å². The number of aryl methyl sites for hydroxylation is 2. The van der Waals surface area contributed by atoms with Gasteiger partial charge in [-0.25, -0.2) is 9.59 Å². The Kier molecular flexibility index (Phi) is 5.18. The number of carbonyl (C=O) groups is 3. The number of nitrogens with one attached hydrogen (secondary N) is 1. The largest absolute Gasteiger partial charge is 0.462 e. The average Bonchev–Trinajstić information content (AvgIpc) is 3.08. The number of rotatable bonds is 6. The summed E-state index contributed by atoms with van der Waals surface area (Å²) in [7, 11) is 0. The molecule has 0 aromatic carbocycles. The van der Waals surface area contributed by atoms with Crippen LogP contribution in [0.3, 0.4) is 0 Å². The standard InChI is InChI=1S/C16H18N2O6/c1-5-22-16(21)13-9(3)14(17-10(13)4)11(19)7-23-15(20)12-6-8(2)18-24-12/h6,17H,5,7H2,1-4H3. The van der Waals surface area contributed by atoms with Crippen molar-refractivity contribution in [3.05, 3.63) is 40.0 Å². The van der Waals surface area contributed by atoms with Crippen molar-refractivity contribution in [2.24, 2.45) is 0 Å². The molecule has 2 aromatic heterocycles. The number of hydrogen-bond donors (Lipinski definition) is 1. The third-order valence-corrected chi connectivity index (χ3v) is 3.36. The van der Waals surface area contributed by atoms with Crippen LogP contribution in [0, 0.1) is 20.8 Å². The first-order valence-corrected chi connectivity index (χ1v) is 7.35. The monoisotopic (exact) mass is 334 g/mol. The first-order valence-electron chi connectivity index (χ1n) is 7.35. The molecule has 2 aromatic rings. The van der Waals surface area contributed by atoms with Crippen molar-refractivity contribution in [2.45, 2.75) is 27.7 Å². The summed E-state index contributed by atoms with van der Waals surface area (Å²) >= 11 is 0. The maximum Gasteiger partial charge on any atom is 0.377 e. The third kappa shape index (κ3) is 3.53. The lowest BCUT2D eigenvalue weighted by atomic mass is 10.1. The van der Waals surface area contributed by atoms with Gasteiger partial charge in [0.2, 0.25) is 11.5 Å². The third-order valence-electron chi connectivity index (χ3n) is 3.36. The quantitative estimate of drug-likeness (QED) is 0.636. The van der Waals surface area contributed by atoms with E-state index >= 15 is 0 Å². The smallest absolute Gasteiger partial charge is 0.377 e. The van der Waals surface area contributed by atoms with Gasteiger partial charge < -0.3 is 19.0 Å². The van der Waals surface area contributed by atoms with E-state index in [1.54, 1.807) is 27.7 Å². The van der Waals surface area contributed by atoms with Crippen molar-refractivity contribution in [1.82, 2.24) is 10.1 Å². The molecule has 1 N–H and O–H groups in total. The molecule has 0 unspecified atom stereocenters. The summed E-state index contributed by atoms with van der Waals surface area (Å²) in [6, 6.07) is 1.41. The van der Waals surface area contributed by atoms with Gasteiger partial charge in [-0.1, -0.05) is 5.16 Å². The Bertz CT molecular complexity index is 787. The van der Waals surface area contributed by atoms with E-state index in [4.69, 9.17) is 14.0 Å². The number of Topliss-reactive ketones (excluding diaryl/α,β-unsaturated/α-hetero) is 1. The van der Waals surface area contributed by atoms with E-state index in [-0.39, 0.29) is 18.1 Å². The first kappa shape index (κ1) is 17.5. The van der Waals surface area contributed by atoms with Gasteiger partial charge in [0, 0.05) is 11.8 Å². The van der Waals surface area contributed by atoms with Gasteiger partial charge in [0.25, 0.3) is 0 Å². The van der Waals surface area contributed by atoms with E-state index in [0.717, 1.165) is 0 Å². The number of nitrogens with zero attached hydrogens (tertiary/aromatic N) is 1. The van der Waals surface area contributed by atoms with Gasteiger partial charge in [0.05, 0.1) is 23.6 Å². The molecule has 8 nitrogen and oxygen atoms in total. The maximum atomic E-state index is 12.2. The first-order chi connectivity index (χ1) is 11.3. The highest BCUT2D eigenvalue weighted by Gasteiger charge is 2.24. The summed E-state index contributed by atoms with van der Waals surface area (Å²) < 4.78 is 14.6. The Morgan fingerprint density at radius 3 is 2.46 bits per heavy atom. The van der Waals surface area contributed by atoms with Gasteiger partial charge >= 0.3 is 11.9 Å². The number of ketones is 1. The van der Waals surface area contributed by atoms with Crippen molar-refractivity contribution >= 4 is 17.7 Å². The zero-order valence-electron chi connectivity index (χ0n) is 13.9. The molecular formula is C16H18N2O6. The number of H-pyrrole nitrogens is 1. The molecule has 0 aliphatic rings. The van der Waals surface area contributed by atoms with Crippen LogP contribution in [0.25, 0.3) is 0 Å². The molecule has 2 heterocycles. The van der Waals surface area contributed by atoms with E-state index in [1.165, 1.54) is 6.07 Å². The molecule has 8 heteroatoms. The molecule has 2 rings (SSSR count). The number of aromatic amines is 1. The molecule has 0 fully saturated rings. The van der Waals surface area contributed by atoms with Gasteiger partial charge in [-0.3, -0.25) is 4.79 Å². The highest BCUT2D eigenvalue weighted by atomic mass is 16.6. The van der Waals surface area contributed by atoms with Gasteiger partial charge in [0.15, 0.2) is 6.61 Å². The molecule has 0 saturated heterocycles. The molecule has 0 saturated carbocycles. The van der Waals surface area contributed by atoms with Crippen LogP contribution in [0.2, 0.25) is 0 Å². The second-order valence-electron chi connectivity index (χ2n) is 5.18. The van der Waals surface area contributed by atoms with Crippen molar-refractivity contribution in [3.8, 4) is 0 Å². The Balaban J connectivity index is 2.09. The van der Waals surface area contributed by atoms with E-state index in [9.17, 15) is 14.4 Å². The van der Waals surface area contributed by atoms with Gasteiger partial charge in [-0.05, 0) is 33.3 Å². The minimum Gasteiger partial charge on any atom is -0.462 e. The lowest BCUT2D eigenvalue weighted by Gasteiger charge is -2.03. The number of aromatic nitrogens is 2. The van der Waals surface area contributed by atoms with Crippen LogP contribution >= 0.6 is 0 Å². The number of esters is 2. The second-order valence-corrected chi connectivity index (χ2v) is 5.18. The van der Waals surface area contributed by atoms with Gasteiger partial charge in [0.1, 0.15) is 0 Å². The van der Waals surface area contributed by atoms with Gasteiger partial charge in [-0.2, -0.15) is 0 Å². The van der Waals surface area contributed by atoms with Gasteiger partial charge in [-0.15, -0.1) is 0 Å². The Morgan fingerprint density at radius 1 is 1.17 bits per heavy atom. The number of carbonyl (C=O) groups excluding carboxylic acids is 3. The van der Waals surface area contributed by atoms with Crippen LogP contribution in [0.4, 0.5) is 0 Å². The van der Waals surface area contributed by atoms with Crippen molar-refractivity contribution < 1.29 is 28.4 Å². The molecule has 0 atom stereocenters. The van der Waals surface area contributed by atoms with Crippen LogP contribution in [0.5, 0.6) is 0 Å². The summed E-state index contributed by atoms with van der Waals surface area (Å²) in [6.07, 6.45) is 0. The minimum absolute atomic E-state index is 0.0769. The van der Waals surface area contributed by atoms with E-state index < -0.39 is 24.3 Å². The molecule has 24 heavy (non-hydrogen) atoms. The summed E-state index contributed by atoms with van der Waals surface area (Å²) in [5.41, 5.74) is 2.03. The molecule has 0 amide bonds. The minimum atomic E-state index is -0.782. The number of hydrogen-bond acceptors (Lipinski definition) is 7. The molecule has 0 spiro atoms. The fourth-order valence-corrected chi connectivity index (χ4v) is 2.27. The fourth-order valence-electron chi connectivity index (χ4n) is 2.27. The average molecular weight is 334 g/mol. The Hall–Kier alpha value is -2.90. The molecule has 0 radical (unpaired) electrons. The summed E-state index contributed by atoms with van der Waals surface area (Å²) in [6.45, 7) is 6.41. The number of ether oxygens (including phenoxy) is 2. The highest BCUT2D eigenvalue weighted by Crippen LogP contribution is 2.19. The lowest BCUT2D eigenvalue weighted by Crippen LogP contribution is -2.15. The lowest BCUT2D eigenvalue weighted by molar-refractivity contribution is 0.0433. The molecule has 0 aliphatic carbocycles. The Morgan fingerprint density at radius 2 is 1.88 bits per heavy atom. The van der Waals surface area contributed by atoms with Crippen molar-refractivity contribution in [1.29, 1.82) is 0 Å². The summed E-state index contributed by atoms with van der Waals surface area (Å²) in [5.74, 6) is -1.82. The van der Waals surface area contributed by atoms with Crippen LogP contribution in [-0.2, 0) is 9.47 Å². The molecule has 0 aliphatic heterocycles. The predicted octanol–water partition coefficient (Wildman–Crippen LogP) is 2.14. The zero-order chi connectivity index (χ0) is 17.9. The van der Waals surface area contributed by atoms with Crippen LogP contribution in [-0.4, -0.2) is 41.1 Å². The highest BCUT2D eigenvalue weighted by molar-refractivity contribution is 6.03. The molecular weight excluding hydrogens is 316 g/mol. The predicted molar refractivity (Wildman–Crippen MR) is 82.1 cm³/mol. The topological polar surface area (TPSA) is 111 Å². The van der Waals surface area contributed by atoms with E-state index in [2.05, 4.69) is 10.1 Å². The Labute approximate surface area is 138 Å². The molecule has 128 valence electrons. The van der Waals surface area contributed by atoms with Crippen LogP contribution in [0.15, 0.2) is 10.6 Å². The zero-order valence-corrected chi connectivity index (χ0v) is 13.9.